The van der Waals surface area contributed by atoms with Crippen molar-refractivity contribution >= 4 is 5.78 Å². The number of fused-ring (bicyclic) bond motifs is 5. The van der Waals surface area contributed by atoms with E-state index in [9.17, 15) is 9.90 Å². The molecule has 0 aromatic heterocycles. The Bertz CT molecular complexity index is 667. The Hall–Kier alpha value is -0.670. The Kier molecular flexibility index (Phi) is 5.79. The van der Waals surface area contributed by atoms with Gasteiger partial charge in [0.05, 0.1) is 6.61 Å². The van der Waals surface area contributed by atoms with Gasteiger partial charge in [0.1, 0.15) is 5.78 Å². The van der Waals surface area contributed by atoms with Crippen LogP contribution in [-0.2, 0) is 9.53 Å². The van der Waals surface area contributed by atoms with E-state index in [0.29, 0.717) is 35.6 Å². The Balaban J connectivity index is 1.51. The molecule has 3 heteroatoms. The van der Waals surface area contributed by atoms with Crippen molar-refractivity contribution in [1.29, 1.82) is 0 Å². The molecule has 3 saturated carbocycles. The smallest absolute Gasteiger partial charge is 0.164 e. The van der Waals surface area contributed by atoms with Crippen molar-refractivity contribution in [1.82, 2.24) is 0 Å². The van der Waals surface area contributed by atoms with Crippen LogP contribution in [-0.4, -0.2) is 23.8 Å². The van der Waals surface area contributed by atoms with Crippen molar-refractivity contribution in [3.05, 3.63) is 11.6 Å². The number of Topliss-reactive ketones (excluding diaryl/α,β-unsaturated/α-hetero) is 1. The van der Waals surface area contributed by atoms with E-state index < -0.39 is 6.29 Å². The third-order valence-corrected chi connectivity index (χ3v) is 9.99. The normalized spacial score (nSPS) is 45.2. The fourth-order valence-corrected chi connectivity index (χ4v) is 8.18. The number of aliphatic hydroxyl groups excluding tert-OH is 1. The minimum Gasteiger partial charge on any atom is -0.367 e. The molecule has 0 aromatic carbocycles. The molecule has 1 unspecified atom stereocenters. The molecule has 1 N–H and O–H groups in total. The second-order valence-electron chi connectivity index (χ2n) is 11.5. The highest BCUT2D eigenvalue weighted by Gasteiger charge is 2.61. The zero-order valence-electron chi connectivity index (χ0n) is 19.2. The molecule has 0 amide bonds. The highest BCUT2D eigenvalue weighted by Crippen LogP contribution is 2.67. The van der Waals surface area contributed by atoms with Crippen molar-refractivity contribution in [3.8, 4) is 0 Å². The van der Waals surface area contributed by atoms with Gasteiger partial charge in [-0.15, -0.1) is 0 Å². The number of carbonyl (C=O) groups excluding carboxylic acids is 1. The molecule has 0 spiro atoms. The van der Waals surface area contributed by atoms with Gasteiger partial charge >= 0.3 is 0 Å². The first kappa shape index (κ1) is 21.6. The number of rotatable bonds is 5. The van der Waals surface area contributed by atoms with Crippen LogP contribution in [0.4, 0.5) is 0 Å². The average molecular weight is 403 g/mol. The Morgan fingerprint density at radius 3 is 2.66 bits per heavy atom. The summed E-state index contributed by atoms with van der Waals surface area (Å²) in [6.07, 6.45) is 10.9. The van der Waals surface area contributed by atoms with Crippen LogP contribution in [0.25, 0.3) is 0 Å². The molecule has 3 nitrogen and oxygen atoms in total. The monoisotopic (exact) mass is 402 g/mol. The van der Waals surface area contributed by atoms with Gasteiger partial charge in [0.2, 0.25) is 0 Å². The number of ether oxygens (including phenoxy) is 1. The highest BCUT2D eigenvalue weighted by molar-refractivity contribution is 5.80. The lowest BCUT2D eigenvalue weighted by Crippen LogP contribution is -2.55. The number of carbonyl (C=O) groups is 1. The summed E-state index contributed by atoms with van der Waals surface area (Å²) in [7, 11) is 0. The molecule has 4 rings (SSSR count). The predicted molar refractivity (Wildman–Crippen MR) is 116 cm³/mol. The first-order chi connectivity index (χ1) is 13.7. The molecule has 0 saturated heterocycles. The van der Waals surface area contributed by atoms with Gasteiger partial charge < -0.3 is 9.84 Å². The zero-order valence-corrected chi connectivity index (χ0v) is 19.2. The molecule has 3 aliphatic carbocycles. The summed E-state index contributed by atoms with van der Waals surface area (Å²) < 4.78 is 5.72. The maximum atomic E-state index is 12.2. The quantitative estimate of drug-likeness (QED) is 0.595. The van der Waals surface area contributed by atoms with E-state index in [2.05, 4.69) is 26.8 Å². The average Bonchev–Trinajstić information content (AvgIpc) is 3.04. The minimum absolute atomic E-state index is 0.166. The van der Waals surface area contributed by atoms with E-state index in [-0.39, 0.29) is 11.3 Å². The maximum absolute atomic E-state index is 12.2. The van der Waals surface area contributed by atoms with Gasteiger partial charge in [-0.3, -0.25) is 4.79 Å². The van der Waals surface area contributed by atoms with Gasteiger partial charge in [-0.2, -0.15) is 0 Å². The second-order valence-corrected chi connectivity index (χ2v) is 11.5. The third-order valence-electron chi connectivity index (χ3n) is 9.99. The summed E-state index contributed by atoms with van der Waals surface area (Å²) in [5.41, 5.74) is 1.67. The highest BCUT2D eigenvalue weighted by atomic mass is 16.6. The van der Waals surface area contributed by atoms with E-state index >= 15 is 0 Å². The summed E-state index contributed by atoms with van der Waals surface area (Å²) in [5, 5.41) is 10.8. The van der Waals surface area contributed by atoms with E-state index in [0.717, 1.165) is 31.1 Å². The SMILES string of the molecule is CC(C)C(=O)CC[C@@H](C)[C@H]1CC[C@H]2[C@@H]3CCC4=CCOC(O)[C@]4(C)[C@H]3CC[C@]12C. The van der Waals surface area contributed by atoms with Gasteiger partial charge in [0.25, 0.3) is 0 Å². The summed E-state index contributed by atoms with van der Waals surface area (Å²) in [6.45, 7) is 11.9. The van der Waals surface area contributed by atoms with Crippen molar-refractivity contribution < 1.29 is 14.6 Å². The maximum Gasteiger partial charge on any atom is 0.164 e. The molecule has 164 valence electrons. The van der Waals surface area contributed by atoms with Gasteiger partial charge in [-0.25, -0.2) is 0 Å². The molecule has 0 bridgehead atoms. The first-order valence-electron chi connectivity index (χ1n) is 12.2. The Labute approximate surface area is 177 Å². The van der Waals surface area contributed by atoms with Crippen LogP contribution < -0.4 is 0 Å². The molecule has 8 atom stereocenters. The molecule has 3 fully saturated rings. The Morgan fingerprint density at radius 1 is 1.17 bits per heavy atom. The van der Waals surface area contributed by atoms with Gasteiger partial charge in [0, 0.05) is 17.8 Å². The zero-order chi connectivity index (χ0) is 21.0. The van der Waals surface area contributed by atoms with Gasteiger partial charge in [-0.1, -0.05) is 46.3 Å². The minimum atomic E-state index is -0.641. The lowest BCUT2D eigenvalue weighted by Gasteiger charge is -2.59. The van der Waals surface area contributed by atoms with Crippen molar-refractivity contribution in [2.24, 2.45) is 46.3 Å². The van der Waals surface area contributed by atoms with Crippen LogP contribution in [0.5, 0.6) is 0 Å². The molecule has 0 radical (unpaired) electrons. The summed E-state index contributed by atoms with van der Waals surface area (Å²) in [5.74, 6) is 3.98. The van der Waals surface area contributed by atoms with Crippen LogP contribution >= 0.6 is 0 Å². The van der Waals surface area contributed by atoms with Crippen LogP contribution in [0.2, 0.25) is 0 Å². The van der Waals surface area contributed by atoms with E-state index in [4.69, 9.17) is 4.74 Å². The summed E-state index contributed by atoms with van der Waals surface area (Å²) in [4.78, 5) is 12.2. The Morgan fingerprint density at radius 2 is 1.93 bits per heavy atom. The number of hydrogen-bond donors (Lipinski definition) is 1. The van der Waals surface area contributed by atoms with E-state index in [1.165, 1.54) is 37.7 Å². The standard InChI is InChI=1S/C26H42O3/c1-16(2)23(27)11-6-17(3)20-9-10-21-19-8-7-18-13-15-29-24(28)26(18,5)22(19)12-14-25(20,21)4/h13,16-17,19-22,24,28H,6-12,14-15H2,1-5H3/t17-,19+,20-,21+,22+,24?,25-,26+/m1/s1. The fourth-order valence-electron chi connectivity index (χ4n) is 8.18. The molecule has 4 aliphatic rings. The number of hydrogen-bond acceptors (Lipinski definition) is 3. The number of ketones is 1. The molecule has 1 aliphatic heterocycles. The lowest BCUT2D eigenvalue weighted by atomic mass is 9.47. The molecular weight excluding hydrogens is 360 g/mol. The van der Waals surface area contributed by atoms with Gasteiger partial charge in [0.15, 0.2) is 6.29 Å². The fraction of sp³-hybridized carbons (Fsp3) is 0.885. The largest absolute Gasteiger partial charge is 0.367 e. The first-order valence-corrected chi connectivity index (χ1v) is 12.2. The molecule has 0 aromatic rings. The second kappa shape index (κ2) is 7.79. The van der Waals surface area contributed by atoms with E-state index in [1.807, 2.05) is 13.8 Å². The van der Waals surface area contributed by atoms with E-state index in [1.54, 1.807) is 0 Å². The van der Waals surface area contributed by atoms with Crippen LogP contribution in [0.15, 0.2) is 11.6 Å². The molecule has 29 heavy (non-hydrogen) atoms. The predicted octanol–water partition coefficient (Wildman–Crippen LogP) is 5.76. The lowest BCUT2D eigenvalue weighted by molar-refractivity contribution is -0.204. The number of aliphatic hydroxyl groups is 1. The summed E-state index contributed by atoms with van der Waals surface area (Å²) in [6, 6.07) is 0. The van der Waals surface area contributed by atoms with Crippen molar-refractivity contribution in [3.63, 3.8) is 0 Å². The molecule has 1 heterocycles. The van der Waals surface area contributed by atoms with Crippen LogP contribution in [0.3, 0.4) is 0 Å². The molecular formula is C26H42O3. The third kappa shape index (κ3) is 3.35. The van der Waals surface area contributed by atoms with Crippen molar-refractivity contribution in [2.75, 3.05) is 6.61 Å². The van der Waals surface area contributed by atoms with Crippen molar-refractivity contribution in [2.45, 2.75) is 92.3 Å². The van der Waals surface area contributed by atoms with Crippen LogP contribution in [0, 0.1) is 46.3 Å². The van der Waals surface area contributed by atoms with Crippen LogP contribution in [0.1, 0.15) is 86.0 Å². The summed E-state index contributed by atoms with van der Waals surface area (Å²) >= 11 is 0. The topological polar surface area (TPSA) is 46.5 Å². The van der Waals surface area contributed by atoms with Gasteiger partial charge in [-0.05, 0) is 80.0 Å².